The van der Waals surface area contributed by atoms with Crippen LogP contribution in [0.4, 0.5) is 0 Å². The fourth-order valence-corrected chi connectivity index (χ4v) is 1.55. The minimum atomic E-state index is 0.258. The molecule has 0 saturated carbocycles. The van der Waals surface area contributed by atoms with Gasteiger partial charge in [-0.15, -0.1) is 0 Å². The van der Waals surface area contributed by atoms with Crippen LogP contribution in [-0.4, -0.2) is 51.0 Å². The van der Waals surface area contributed by atoms with E-state index >= 15 is 0 Å². The first-order valence-corrected chi connectivity index (χ1v) is 4.05. The molecule has 1 rings (SSSR count). The molecule has 1 saturated heterocycles. The van der Waals surface area contributed by atoms with E-state index in [0.717, 1.165) is 13.1 Å². The molecule has 0 unspecified atom stereocenters. The van der Waals surface area contributed by atoms with Crippen molar-refractivity contribution in [3.8, 4) is 0 Å². The fraction of sp³-hybridized carbons (Fsp3) is 1.00. The Morgan fingerprint density at radius 3 is 2.82 bits per heavy atom. The Kier molecular flexibility index (Phi) is 3.30. The number of hydrogen-bond acceptors (Lipinski definition) is 3. The highest BCUT2D eigenvalue weighted by Crippen LogP contribution is 2.08. The molecule has 0 radical (unpaired) electrons. The van der Waals surface area contributed by atoms with Crippen molar-refractivity contribution in [2.75, 3.05) is 33.9 Å². The number of likely N-dealkylation sites (N-methyl/N-ethyl adjacent to an activating group) is 1. The van der Waals surface area contributed by atoms with E-state index < -0.39 is 0 Å². The van der Waals surface area contributed by atoms with Crippen molar-refractivity contribution < 1.29 is 9.47 Å². The summed E-state index contributed by atoms with van der Waals surface area (Å²) >= 11 is 0. The average Bonchev–Trinajstić information content (AvgIpc) is 1.85. The van der Waals surface area contributed by atoms with Crippen LogP contribution in [0.25, 0.3) is 0 Å². The highest BCUT2D eigenvalue weighted by molar-refractivity contribution is 4.72. The van der Waals surface area contributed by atoms with Crippen molar-refractivity contribution in [2.24, 2.45) is 0 Å². The van der Waals surface area contributed by atoms with Gasteiger partial charge in [-0.1, -0.05) is 0 Å². The minimum Gasteiger partial charge on any atom is -0.382 e. The SMILES string of the molecule is COC[C@H]1CN(C)C[C@@H](C)O1. The lowest BCUT2D eigenvalue weighted by molar-refractivity contribution is -0.0948. The predicted molar refractivity (Wildman–Crippen MR) is 43.7 cm³/mol. The molecule has 0 amide bonds. The summed E-state index contributed by atoms with van der Waals surface area (Å²) in [6, 6.07) is 0. The molecule has 0 aliphatic carbocycles. The van der Waals surface area contributed by atoms with Gasteiger partial charge < -0.3 is 14.4 Å². The van der Waals surface area contributed by atoms with Gasteiger partial charge in [0, 0.05) is 20.2 Å². The van der Waals surface area contributed by atoms with Crippen molar-refractivity contribution in [3.63, 3.8) is 0 Å². The molecule has 0 aromatic rings. The lowest BCUT2D eigenvalue weighted by Crippen LogP contribution is -2.46. The summed E-state index contributed by atoms with van der Waals surface area (Å²) in [6.07, 6.45) is 0.600. The van der Waals surface area contributed by atoms with E-state index in [2.05, 4.69) is 18.9 Å². The summed E-state index contributed by atoms with van der Waals surface area (Å²) in [5, 5.41) is 0. The second kappa shape index (κ2) is 4.04. The van der Waals surface area contributed by atoms with Crippen LogP contribution in [0.15, 0.2) is 0 Å². The van der Waals surface area contributed by atoms with Crippen LogP contribution in [0.3, 0.4) is 0 Å². The zero-order valence-corrected chi connectivity index (χ0v) is 7.54. The van der Waals surface area contributed by atoms with E-state index in [0.29, 0.717) is 12.7 Å². The number of morpholine rings is 1. The maximum atomic E-state index is 5.63. The molecule has 3 heteroatoms. The van der Waals surface area contributed by atoms with Crippen LogP contribution < -0.4 is 0 Å². The van der Waals surface area contributed by atoms with E-state index in [-0.39, 0.29) is 6.10 Å². The molecule has 3 nitrogen and oxygen atoms in total. The molecule has 0 spiro atoms. The Balaban J connectivity index is 2.30. The van der Waals surface area contributed by atoms with Crippen molar-refractivity contribution in [1.82, 2.24) is 4.90 Å². The first-order chi connectivity index (χ1) is 5.22. The molecule has 1 aliphatic rings. The zero-order valence-electron chi connectivity index (χ0n) is 7.54. The van der Waals surface area contributed by atoms with Crippen molar-refractivity contribution in [2.45, 2.75) is 19.1 Å². The van der Waals surface area contributed by atoms with Crippen LogP contribution >= 0.6 is 0 Å². The van der Waals surface area contributed by atoms with Gasteiger partial charge in [0.25, 0.3) is 0 Å². The normalized spacial score (nSPS) is 34.1. The third-order valence-corrected chi connectivity index (χ3v) is 1.86. The van der Waals surface area contributed by atoms with Crippen LogP contribution in [0.2, 0.25) is 0 Å². The number of ether oxygens (including phenoxy) is 2. The number of rotatable bonds is 2. The Labute approximate surface area is 68.3 Å². The summed E-state index contributed by atoms with van der Waals surface area (Å²) in [5.41, 5.74) is 0. The second-order valence-electron chi connectivity index (χ2n) is 3.25. The van der Waals surface area contributed by atoms with Gasteiger partial charge in [-0.05, 0) is 14.0 Å². The van der Waals surface area contributed by atoms with Crippen LogP contribution in [-0.2, 0) is 9.47 Å². The van der Waals surface area contributed by atoms with Crippen LogP contribution in [0, 0.1) is 0 Å². The van der Waals surface area contributed by atoms with E-state index in [9.17, 15) is 0 Å². The quantitative estimate of drug-likeness (QED) is 0.580. The van der Waals surface area contributed by atoms with Crippen molar-refractivity contribution in [1.29, 1.82) is 0 Å². The van der Waals surface area contributed by atoms with Gasteiger partial charge in [0.2, 0.25) is 0 Å². The lowest BCUT2D eigenvalue weighted by atomic mass is 10.2. The van der Waals surface area contributed by atoms with E-state index in [4.69, 9.17) is 9.47 Å². The van der Waals surface area contributed by atoms with Gasteiger partial charge >= 0.3 is 0 Å². The van der Waals surface area contributed by atoms with Gasteiger partial charge in [0.05, 0.1) is 18.8 Å². The molecule has 1 fully saturated rings. The third-order valence-electron chi connectivity index (χ3n) is 1.86. The number of nitrogens with zero attached hydrogens (tertiary/aromatic N) is 1. The molecule has 66 valence electrons. The van der Waals surface area contributed by atoms with Crippen molar-refractivity contribution >= 4 is 0 Å². The molecule has 11 heavy (non-hydrogen) atoms. The van der Waals surface area contributed by atoms with E-state index in [1.54, 1.807) is 7.11 Å². The Bertz CT molecular complexity index is 109. The van der Waals surface area contributed by atoms with Gasteiger partial charge in [0.1, 0.15) is 0 Å². The highest BCUT2D eigenvalue weighted by Gasteiger charge is 2.22. The summed E-state index contributed by atoms with van der Waals surface area (Å²) in [5.74, 6) is 0. The molecule has 1 aliphatic heterocycles. The Morgan fingerprint density at radius 2 is 2.27 bits per heavy atom. The minimum absolute atomic E-state index is 0.258. The molecule has 0 bridgehead atoms. The lowest BCUT2D eigenvalue weighted by Gasteiger charge is -2.34. The van der Waals surface area contributed by atoms with Gasteiger partial charge in [0.15, 0.2) is 0 Å². The van der Waals surface area contributed by atoms with Gasteiger partial charge in [-0.25, -0.2) is 0 Å². The molecule has 0 aromatic heterocycles. The first-order valence-electron chi connectivity index (χ1n) is 4.05. The Morgan fingerprint density at radius 1 is 1.55 bits per heavy atom. The fourth-order valence-electron chi connectivity index (χ4n) is 1.55. The molecule has 0 N–H and O–H groups in total. The highest BCUT2D eigenvalue weighted by atomic mass is 16.5. The van der Waals surface area contributed by atoms with Crippen LogP contribution in [0.5, 0.6) is 0 Å². The number of methoxy groups -OCH3 is 1. The van der Waals surface area contributed by atoms with Crippen molar-refractivity contribution in [3.05, 3.63) is 0 Å². The average molecular weight is 159 g/mol. The summed E-state index contributed by atoms with van der Waals surface area (Å²) < 4.78 is 10.7. The molecule has 0 aromatic carbocycles. The van der Waals surface area contributed by atoms with Gasteiger partial charge in [-0.2, -0.15) is 0 Å². The maximum absolute atomic E-state index is 5.63. The summed E-state index contributed by atoms with van der Waals surface area (Å²) in [7, 11) is 3.82. The topological polar surface area (TPSA) is 21.7 Å². The largest absolute Gasteiger partial charge is 0.382 e. The second-order valence-corrected chi connectivity index (χ2v) is 3.25. The first kappa shape index (κ1) is 8.97. The molecular formula is C8H17NO2. The Hall–Kier alpha value is -0.120. The monoisotopic (exact) mass is 159 g/mol. The van der Waals surface area contributed by atoms with E-state index in [1.807, 2.05) is 0 Å². The standard InChI is InChI=1S/C8H17NO2/c1-7-4-9(2)5-8(11-7)6-10-3/h7-8H,4-6H2,1-3H3/t7-,8-/m1/s1. The molecule has 2 atom stereocenters. The maximum Gasteiger partial charge on any atom is 0.0938 e. The van der Waals surface area contributed by atoms with E-state index in [1.165, 1.54) is 0 Å². The summed E-state index contributed by atoms with van der Waals surface area (Å²) in [4.78, 5) is 2.28. The van der Waals surface area contributed by atoms with Crippen LogP contribution in [0.1, 0.15) is 6.92 Å². The predicted octanol–water partition coefficient (Wildman–Crippen LogP) is 0.352. The smallest absolute Gasteiger partial charge is 0.0938 e. The van der Waals surface area contributed by atoms with Gasteiger partial charge in [-0.3, -0.25) is 0 Å². The molecular weight excluding hydrogens is 142 g/mol. The zero-order chi connectivity index (χ0) is 8.27. The number of hydrogen-bond donors (Lipinski definition) is 0. The third kappa shape index (κ3) is 2.77. The molecule has 1 heterocycles. The summed E-state index contributed by atoms with van der Waals surface area (Å²) in [6.45, 7) is 4.81.